The van der Waals surface area contributed by atoms with Crippen LogP contribution in [0.25, 0.3) is 0 Å². The zero-order valence-electron chi connectivity index (χ0n) is 14.5. The first-order valence-corrected chi connectivity index (χ1v) is 8.27. The van der Waals surface area contributed by atoms with Crippen LogP contribution in [0.4, 0.5) is 15.9 Å². The molecule has 132 valence electrons. The Balaban J connectivity index is 1.73. The molecule has 1 aliphatic heterocycles. The molecular weight excluding hydrogens is 323 g/mol. The number of nitrogens with zero attached hydrogens (tertiary/aromatic N) is 3. The third-order valence-electron chi connectivity index (χ3n) is 4.30. The molecule has 0 spiro atoms. The Bertz CT molecular complexity index is 815. The molecule has 1 N–H and O–H groups in total. The van der Waals surface area contributed by atoms with Crippen LogP contribution < -0.4 is 10.2 Å². The summed E-state index contributed by atoms with van der Waals surface area (Å²) in [6, 6.07) is 6.54. The molecule has 0 aliphatic carbocycles. The summed E-state index contributed by atoms with van der Waals surface area (Å²) in [5, 5.41) is 6.99. The predicted octanol–water partition coefficient (Wildman–Crippen LogP) is 2.90. The molecule has 3 rings (SSSR count). The number of hydrogen-bond donors (Lipinski definition) is 1. The molecule has 0 bridgehead atoms. The standard InChI is InChI=1S/C18H21FN4O2/c1-11(2)23-16(6-7-20-23)21-18(25)13-9-17(24)22(10-13)15-5-4-12(3)8-14(15)19/h4-8,11,13H,9-10H2,1-3H3,(H,21,25)/t13-/m1/s1. The Hall–Kier alpha value is -2.70. The molecule has 0 unspecified atom stereocenters. The summed E-state index contributed by atoms with van der Waals surface area (Å²) in [4.78, 5) is 26.1. The highest BCUT2D eigenvalue weighted by atomic mass is 19.1. The van der Waals surface area contributed by atoms with E-state index in [0.717, 1.165) is 5.56 Å². The van der Waals surface area contributed by atoms with Gasteiger partial charge in [0.1, 0.15) is 11.6 Å². The van der Waals surface area contributed by atoms with E-state index in [1.807, 2.05) is 13.8 Å². The van der Waals surface area contributed by atoms with Crippen LogP contribution in [0.3, 0.4) is 0 Å². The van der Waals surface area contributed by atoms with Gasteiger partial charge in [-0.1, -0.05) is 6.07 Å². The summed E-state index contributed by atoms with van der Waals surface area (Å²) in [5.41, 5.74) is 1.00. The number of amides is 2. The van der Waals surface area contributed by atoms with Crippen molar-refractivity contribution in [3.05, 3.63) is 41.8 Å². The first-order chi connectivity index (χ1) is 11.9. The first-order valence-electron chi connectivity index (χ1n) is 8.27. The summed E-state index contributed by atoms with van der Waals surface area (Å²) < 4.78 is 15.8. The maximum atomic E-state index is 14.1. The summed E-state index contributed by atoms with van der Waals surface area (Å²) in [7, 11) is 0. The SMILES string of the molecule is Cc1ccc(N2C[C@H](C(=O)Nc3ccnn3C(C)C)CC2=O)c(F)c1. The monoisotopic (exact) mass is 344 g/mol. The zero-order valence-corrected chi connectivity index (χ0v) is 14.5. The van der Waals surface area contributed by atoms with Crippen molar-refractivity contribution in [3.8, 4) is 0 Å². The van der Waals surface area contributed by atoms with Gasteiger partial charge in [0, 0.05) is 25.1 Å². The number of aryl methyl sites for hydroxylation is 1. The van der Waals surface area contributed by atoms with Crippen LogP contribution in [0.15, 0.2) is 30.5 Å². The van der Waals surface area contributed by atoms with Crippen LogP contribution in [0.5, 0.6) is 0 Å². The second kappa shape index (κ2) is 6.66. The zero-order chi connectivity index (χ0) is 18.1. The van der Waals surface area contributed by atoms with Crippen LogP contribution in [0.2, 0.25) is 0 Å². The fourth-order valence-electron chi connectivity index (χ4n) is 3.00. The van der Waals surface area contributed by atoms with Gasteiger partial charge in [-0.3, -0.25) is 9.59 Å². The Morgan fingerprint density at radius 3 is 2.80 bits per heavy atom. The highest BCUT2D eigenvalue weighted by molar-refractivity contribution is 6.03. The third-order valence-corrected chi connectivity index (χ3v) is 4.30. The Morgan fingerprint density at radius 2 is 2.12 bits per heavy atom. The lowest BCUT2D eigenvalue weighted by molar-refractivity contribution is -0.122. The minimum absolute atomic E-state index is 0.0644. The smallest absolute Gasteiger partial charge is 0.230 e. The molecule has 0 saturated carbocycles. The lowest BCUT2D eigenvalue weighted by atomic mass is 10.1. The van der Waals surface area contributed by atoms with E-state index < -0.39 is 11.7 Å². The second-order valence-electron chi connectivity index (χ2n) is 6.60. The molecule has 1 aromatic heterocycles. The lowest BCUT2D eigenvalue weighted by Crippen LogP contribution is -2.29. The number of nitrogens with one attached hydrogen (secondary N) is 1. The molecular formula is C18H21FN4O2. The van der Waals surface area contributed by atoms with Gasteiger partial charge in [-0.15, -0.1) is 0 Å². The Morgan fingerprint density at radius 1 is 1.36 bits per heavy atom. The van der Waals surface area contributed by atoms with Gasteiger partial charge in [-0.25, -0.2) is 9.07 Å². The Labute approximate surface area is 145 Å². The van der Waals surface area contributed by atoms with Crippen molar-refractivity contribution in [3.63, 3.8) is 0 Å². The van der Waals surface area contributed by atoms with Crippen molar-refractivity contribution >= 4 is 23.3 Å². The molecule has 1 atom stereocenters. The minimum Gasteiger partial charge on any atom is -0.311 e. The van der Waals surface area contributed by atoms with Crippen LogP contribution in [-0.4, -0.2) is 28.1 Å². The van der Waals surface area contributed by atoms with Gasteiger partial charge >= 0.3 is 0 Å². The van der Waals surface area contributed by atoms with E-state index in [0.29, 0.717) is 5.82 Å². The third kappa shape index (κ3) is 3.40. The molecule has 7 heteroatoms. The number of aromatic nitrogens is 2. The van der Waals surface area contributed by atoms with Gasteiger partial charge in [0.25, 0.3) is 0 Å². The maximum absolute atomic E-state index is 14.1. The van der Waals surface area contributed by atoms with Gasteiger partial charge in [-0.05, 0) is 38.5 Å². The number of carbonyl (C=O) groups excluding carboxylic acids is 2. The molecule has 2 aromatic rings. The van der Waals surface area contributed by atoms with E-state index >= 15 is 0 Å². The Kier molecular flexibility index (Phi) is 4.57. The number of rotatable bonds is 4. The first kappa shape index (κ1) is 17.1. The average molecular weight is 344 g/mol. The van der Waals surface area contributed by atoms with E-state index in [1.165, 1.54) is 11.0 Å². The molecule has 1 aromatic carbocycles. The number of hydrogen-bond acceptors (Lipinski definition) is 3. The van der Waals surface area contributed by atoms with Gasteiger partial charge in [0.05, 0.1) is 17.8 Å². The van der Waals surface area contributed by atoms with E-state index in [-0.39, 0.29) is 36.5 Å². The van der Waals surface area contributed by atoms with E-state index in [4.69, 9.17) is 0 Å². The van der Waals surface area contributed by atoms with Crippen LogP contribution in [-0.2, 0) is 9.59 Å². The highest BCUT2D eigenvalue weighted by Gasteiger charge is 2.36. The van der Waals surface area contributed by atoms with Crippen LogP contribution >= 0.6 is 0 Å². The maximum Gasteiger partial charge on any atom is 0.230 e. The fraction of sp³-hybridized carbons (Fsp3) is 0.389. The molecule has 0 radical (unpaired) electrons. The number of carbonyl (C=O) groups is 2. The largest absolute Gasteiger partial charge is 0.311 e. The van der Waals surface area contributed by atoms with Crippen molar-refractivity contribution in [1.29, 1.82) is 0 Å². The number of anilines is 2. The van der Waals surface area contributed by atoms with E-state index in [2.05, 4.69) is 10.4 Å². The summed E-state index contributed by atoms with van der Waals surface area (Å²) >= 11 is 0. The van der Waals surface area contributed by atoms with E-state index in [9.17, 15) is 14.0 Å². The summed E-state index contributed by atoms with van der Waals surface area (Å²) in [6.45, 7) is 5.88. The second-order valence-corrected chi connectivity index (χ2v) is 6.60. The van der Waals surface area contributed by atoms with Gasteiger partial charge in [0.2, 0.25) is 11.8 Å². The molecule has 1 saturated heterocycles. The number of halogens is 1. The van der Waals surface area contributed by atoms with Gasteiger partial charge in [0.15, 0.2) is 0 Å². The van der Waals surface area contributed by atoms with E-state index in [1.54, 1.807) is 36.0 Å². The summed E-state index contributed by atoms with van der Waals surface area (Å²) in [6.07, 6.45) is 1.68. The molecule has 1 fully saturated rings. The topological polar surface area (TPSA) is 67.2 Å². The molecule has 2 heterocycles. The quantitative estimate of drug-likeness (QED) is 0.927. The predicted molar refractivity (Wildman–Crippen MR) is 92.8 cm³/mol. The van der Waals surface area contributed by atoms with Crippen molar-refractivity contribution in [1.82, 2.24) is 9.78 Å². The highest BCUT2D eigenvalue weighted by Crippen LogP contribution is 2.28. The minimum atomic E-state index is -0.524. The number of benzene rings is 1. The molecule has 1 aliphatic rings. The van der Waals surface area contributed by atoms with Gasteiger partial charge < -0.3 is 10.2 Å². The normalized spacial score (nSPS) is 17.4. The van der Waals surface area contributed by atoms with Crippen LogP contribution in [0, 0.1) is 18.7 Å². The summed E-state index contributed by atoms with van der Waals surface area (Å²) in [5.74, 6) is -0.894. The molecule has 6 nitrogen and oxygen atoms in total. The van der Waals surface area contributed by atoms with Crippen molar-refractivity contribution in [2.45, 2.75) is 33.2 Å². The van der Waals surface area contributed by atoms with Crippen molar-refractivity contribution in [2.75, 3.05) is 16.8 Å². The molecule has 2 amide bonds. The van der Waals surface area contributed by atoms with Crippen molar-refractivity contribution in [2.24, 2.45) is 5.92 Å². The molecule has 25 heavy (non-hydrogen) atoms. The van der Waals surface area contributed by atoms with Crippen LogP contribution in [0.1, 0.15) is 31.9 Å². The lowest BCUT2D eigenvalue weighted by Gasteiger charge is -2.18. The van der Waals surface area contributed by atoms with Crippen molar-refractivity contribution < 1.29 is 14.0 Å². The average Bonchev–Trinajstić information content (AvgIpc) is 3.14. The fourth-order valence-corrected chi connectivity index (χ4v) is 3.00. The van der Waals surface area contributed by atoms with Gasteiger partial charge in [-0.2, -0.15) is 5.10 Å².